The molecule has 2 rings (SSSR count). The molecule has 0 aliphatic rings. The molecule has 1 amide bonds. The first-order valence-corrected chi connectivity index (χ1v) is 11.9. The molecule has 0 spiro atoms. The van der Waals surface area contributed by atoms with Crippen molar-refractivity contribution in [3.8, 4) is 17.2 Å². The molecule has 1 heterocycles. The van der Waals surface area contributed by atoms with E-state index < -0.39 is 11.7 Å². The lowest BCUT2D eigenvalue weighted by atomic mass is 10.2. The summed E-state index contributed by atoms with van der Waals surface area (Å²) in [5.41, 5.74) is 0.333. The Bertz CT molecular complexity index is 809. The number of rotatable bonds is 15. The molecule has 184 valence electrons. The van der Waals surface area contributed by atoms with Crippen LogP contribution in [0.3, 0.4) is 0 Å². The monoisotopic (exact) mass is 483 g/mol. The number of carbonyl (C=O) groups is 1. The summed E-state index contributed by atoms with van der Waals surface area (Å²) in [4.78, 5) is 11.5. The zero-order chi connectivity index (χ0) is 23.9. The van der Waals surface area contributed by atoms with Crippen molar-refractivity contribution < 1.29 is 32.9 Å². The summed E-state index contributed by atoms with van der Waals surface area (Å²) >= 11 is 1.40. The molecule has 0 saturated heterocycles. The molecular weight excluding hydrogens is 450 g/mol. The van der Waals surface area contributed by atoms with Crippen molar-refractivity contribution in [1.82, 2.24) is 15.5 Å². The van der Waals surface area contributed by atoms with Gasteiger partial charge in [-0.05, 0) is 51.3 Å². The number of aromatic nitrogens is 2. The Morgan fingerprint density at radius 1 is 0.939 bits per heavy atom. The van der Waals surface area contributed by atoms with Crippen LogP contribution in [-0.2, 0) is 18.9 Å². The summed E-state index contributed by atoms with van der Waals surface area (Å²) in [5.74, 6) is 1.22. The van der Waals surface area contributed by atoms with Crippen molar-refractivity contribution in [2.24, 2.45) is 0 Å². The fourth-order valence-corrected chi connectivity index (χ4v) is 2.69. The predicted molar refractivity (Wildman–Crippen MR) is 124 cm³/mol. The van der Waals surface area contributed by atoms with E-state index in [0.29, 0.717) is 63.9 Å². The van der Waals surface area contributed by atoms with Crippen LogP contribution in [0.15, 0.2) is 33.9 Å². The van der Waals surface area contributed by atoms with Crippen LogP contribution in [0.2, 0.25) is 0 Å². The molecule has 0 unspecified atom stereocenters. The van der Waals surface area contributed by atoms with Gasteiger partial charge in [-0.15, -0.1) is 10.2 Å². The molecule has 1 aromatic heterocycles. The highest BCUT2D eigenvalue weighted by Crippen LogP contribution is 2.23. The van der Waals surface area contributed by atoms with Crippen LogP contribution < -0.4 is 10.1 Å². The molecule has 33 heavy (non-hydrogen) atoms. The number of benzene rings is 1. The largest absolute Gasteiger partial charge is 0.491 e. The van der Waals surface area contributed by atoms with Gasteiger partial charge in [0.25, 0.3) is 5.22 Å². The molecule has 0 atom stereocenters. The summed E-state index contributed by atoms with van der Waals surface area (Å²) in [6.45, 7) is 8.95. The van der Waals surface area contributed by atoms with Gasteiger partial charge in [0.2, 0.25) is 5.89 Å². The second kappa shape index (κ2) is 14.7. The van der Waals surface area contributed by atoms with Crippen LogP contribution >= 0.6 is 11.8 Å². The molecule has 0 bridgehead atoms. The third kappa shape index (κ3) is 11.9. The maximum absolute atomic E-state index is 11.5. The number of hydrogen-bond acceptors (Lipinski definition) is 10. The number of ether oxygens (including phenoxy) is 5. The van der Waals surface area contributed by atoms with Gasteiger partial charge in [0.15, 0.2) is 0 Å². The highest BCUT2D eigenvalue weighted by Gasteiger charge is 2.15. The number of carbonyl (C=O) groups excluding carboxylic acids is 1. The van der Waals surface area contributed by atoms with Gasteiger partial charge in [0.05, 0.1) is 39.6 Å². The maximum Gasteiger partial charge on any atom is 0.407 e. The minimum Gasteiger partial charge on any atom is -0.491 e. The molecule has 0 aliphatic heterocycles. The topological polar surface area (TPSA) is 114 Å². The lowest BCUT2D eigenvalue weighted by molar-refractivity contribution is 0.00904. The Morgan fingerprint density at radius 3 is 2.12 bits per heavy atom. The van der Waals surface area contributed by atoms with Crippen LogP contribution in [0.1, 0.15) is 20.8 Å². The average molecular weight is 484 g/mol. The van der Waals surface area contributed by atoms with E-state index in [1.54, 1.807) is 0 Å². The van der Waals surface area contributed by atoms with E-state index in [1.165, 1.54) is 11.8 Å². The van der Waals surface area contributed by atoms with E-state index in [9.17, 15) is 4.79 Å². The number of hydrogen-bond donors (Lipinski definition) is 1. The standard InChI is InChI=1S/C22H33N3O7S/c1-22(2,3)32-20(26)23-9-10-27-11-12-28-13-14-29-15-16-30-18-7-5-17(6-8-18)19-24-25-21(31-19)33-4/h5-8H,9-16H2,1-4H3,(H,23,26). The third-order valence-electron chi connectivity index (χ3n) is 3.84. The molecule has 1 aromatic carbocycles. The first-order chi connectivity index (χ1) is 15.9. The Morgan fingerprint density at radius 2 is 1.55 bits per heavy atom. The Hall–Kier alpha value is -2.34. The second-order valence-corrected chi connectivity index (χ2v) is 8.47. The maximum atomic E-state index is 11.5. The summed E-state index contributed by atoms with van der Waals surface area (Å²) in [6, 6.07) is 7.45. The number of amides is 1. The highest BCUT2D eigenvalue weighted by atomic mass is 32.2. The van der Waals surface area contributed by atoms with E-state index in [1.807, 2.05) is 51.3 Å². The van der Waals surface area contributed by atoms with Gasteiger partial charge in [-0.2, -0.15) is 0 Å². The van der Waals surface area contributed by atoms with Crippen molar-refractivity contribution in [3.63, 3.8) is 0 Å². The normalized spacial score (nSPS) is 11.4. The van der Waals surface area contributed by atoms with Crippen LogP contribution in [0.4, 0.5) is 4.79 Å². The Balaban J connectivity index is 1.40. The molecule has 11 heteroatoms. The van der Waals surface area contributed by atoms with E-state index >= 15 is 0 Å². The molecule has 10 nitrogen and oxygen atoms in total. The number of thioether (sulfide) groups is 1. The van der Waals surface area contributed by atoms with Crippen molar-refractivity contribution in [2.75, 3.05) is 59.0 Å². The van der Waals surface area contributed by atoms with E-state index in [4.69, 9.17) is 28.1 Å². The molecule has 0 saturated carbocycles. The number of nitrogens with zero attached hydrogens (tertiary/aromatic N) is 2. The van der Waals surface area contributed by atoms with Crippen LogP contribution in [0, 0.1) is 0 Å². The quantitative estimate of drug-likeness (QED) is 0.298. The van der Waals surface area contributed by atoms with E-state index in [-0.39, 0.29) is 0 Å². The lowest BCUT2D eigenvalue weighted by Gasteiger charge is -2.19. The first kappa shape index (κ1) is 26.9. The van der Waals surface area contributed by atoms with E-state index in [0.717, 1.165) is 11.3 Å². The zero-order valence-electron chi connectivity index (χ0n) is 19.6. The second-order valence-electron chi connectivity index (χ2n) is 7.72. The molecule has 0 fully saturated rings. The van der Waals surface area contributed by atoms with Gasteiger partial charge in [-0.3, -0.25) is 0 Å². The third-order valence-corrected chi connectivity index (χ3v) is 4.35. The van der Waals surface area contributed by atoms with Crippen molar-refractivity contribution in [2.45, 2.75) is 31.6 Å². The zero-order valence-corrected chi connectivity index (χ0v) is 20.4. The molecule has 0 aliphatic carbocycles. The minimum absolute atomic E-state index is 0.386. The van der Waals surface area contributed by atoms with Crippen molar-refractivity contribution >= 4 is 17.9 Å². The van der Waals surface area contributed by atoms with Gasteiger partial charge in [0, 0.05) is 12.1 Å². The summed E-state index contributed by atoms with van der Waals surface area (Å²) in [5, 5.41) is 11.1. The van der Waals surface area contributed by atoms with Crippen LogP contribution in [0.5, 0.6) is 5.75 Å². The molecule has 0 radical (unpaired) electrons. The number of nitrogens with one attached hydrogen (secondary N) is 1. The molecular formula is C22H33N3O7S. The fourth-order valence-electron chi connectivity index (χ4n) is 2.40. The Kier molecular flexibility index (Phi) is 12.0. The smallest absolute Gasteiger partial charge is 0.407 e. The SMILES string of the molecule is CSc1nnc(-c2ccc(OCCOCCOCCOCCNC(=O)OC(C)(C)C)cc2)o1. The predicted octanol–water partition coefficient (Wildman–Crippen LogP) is 3.41. The van der Waals surface area contributed by atoms with Crippen molar-refractivity contribution in [3.05, 3.63) is 24.3 Å². The van der Waals surface area contributed by atoms with Crippen molar-refractivity contribution in [1.29, 1.82) is 0 Å². The molecule has 1 N–H and O–H groups in total. The van der Waals surface area contributed by atoms with Gasteiger partial charge < -0.3 is 33.4 Å². The van der Waals surface area contributed by atoms with Crippen LogP contribution in [0.25, 0.3) is 11.5 Å². The summed E-state index contributed by atoms with van der Waals surface area (Å²) in [7, 11) is 0. The number of alkyl carbamates (subject to hydrolysis) is 1. The fraction of sp³-hybridized carbons (Fsp3) is 0.591. The van der Waals surface area contributed by atoms with E-state index in [2.05, 4.69) is 15.5 Å². The van der Waals surface area contributed by atoms with Gasteiger partial charge in [-0.1, -0.05) is 11.8 Å². The highest BCUT2D eigenvalue weighted by molar-refractivity contribution is 7.98. The Labute approximate surface area is 198 Å². The summed E-state index contributed by atoms with van der Waals surface area (Å²) in [6.07, 6.45) is 1.43. The van der Waals surface area contributed by atoms with Gasteiger partial charge in [0.1, 0.15) is 18.0 Å². The average Bonchev–Trinajstić information content (AvgIpc) is 3.25. The first-order valence-electron chi connectivity index (χ1n) is 10.7. The van der Waals surface area contributed by atoms with Gasteiger partial charge >= 0.3 is 6.09 Å². The summed E-state index contributed by atoms with van der Waals surface area (Å²) < 4.78 is 32.6. The molecule has 2 aromatic rings. The van der Waals surface area contributed by atoms with Crippen LogP contribution in [-0.4, -0.2) is 80.9 Å². The van der Waals surface area contributed by atoms with Gasteiger partial charge in [-0.25, -0.2) is 4.79 Å². The lowest BCUT2D eigenvalue weighted by Crippen LogP contribution is -2.34. The minimum atomic E-state index is -0.506.